The first-order valence-corrected chi connectivity index (χ1v) is 11.3. The van der Waals surface area contributed by atoms with E-state index in [2.05, 4.69) is 5.32 Å². The third-order valence-corrected chi connectivity index (χ3v) is 7.38. The zero-order valence-electron chi connectivity index (χ0n) is 17.9. The van der Waals surface area contributed by atoms with Crippen molar-refractivity contribution in [1.29, 1.82) is 0 Å². The molecule has 3 N–H and O–H groups in total. The summed E-state index contributed by atoms with van der Waals surface area (Å²) in [6.07, 6.45) is 1.43. The number of aromatic hydroxyl groups is 1. The molecule has 0 saturated heterocycles. The van der Waals surface area contributed by atoms with Crippen molar-refractivity contribution in [3.63, 3.8) is 0 Å². The lowest BCUT2D eigenvalue weighted by Gasteiger charge is -2.34. The maximum absolute atomic E-state index is 13.5. The van der Waals surface area contributed by atoms with Gasteiger partial charge in [0.05, 0.1) is 17.0 Å². The van der Waals surface area contributed by atoms with Gasteiger partial charge in [-0.15, -0.1) is 0 Å². The van der Waals surface area contributed by atoms with Gasteiger partial charge in [0.1, 0.15) is 17.2 Å². The first-order chi connectivity index (χ1) is 16.1. The number of carboxylic acid groups (broad SMARTS) is 1. The molecule has 2 amide bonds. The van der Waals surface area contributed by atoms with Crippen LogP contribution in [0.2, 0.25) is 5.02 Å². The van der Waals surface area contributed by atoms with Crippen LogP contribution >= 0.6 is 11.6 Å². The number of rotatable bonds is 4. The number of nitrogens with zero attached hydrogens (tertiary/aromatic N) is 2. The van der Waals surface area contributed by atoms with E-state index in [0.29, 0.717) is 24.8 Å². The van der Waals surface area contributed by atoms with Gasteiger partial charge in [0.25, 0.3) is 17.4 Å². The van der Waals surface area contributed by atoms with Gasteiger partial charge in [0.2, 0.25) is 0 Å². The van der Waals surface area contributed by atoms with Crippen LogP contribution in [0, 0.1) is 11.7 Å². The molecule has 1 fully saturated rings. The molecule has 5 rings (SSSR count). The number of carbonyl (C=O) groups excluding carboxylic acids is 2. The van der Waals surface area contributed by atoms with Gasteiger partial charge in [0, 0.05) is 24.6 Å². The Morgan fingerprint density at radius 2 is 2.06 bits per heavy atom. The van der Waals surface area contributed by atoms with E-state index in [4.69, 9.17) is 11.6 Å². The molecule has 9 nitrogen and oxygen atoms in total. The standard InChI is InChI=1S/C23H21ClFN3O6/c24-14-8-11(3-4-15(14)25)10-27-7-5-13-17(21(27)33)19(31)22(34)28-18(13)20(32)26-23(28)6-1-2-12(23)9-16(29)30/h3-4,8,12,31H,1-2,5-7,9-10H2,(H,26,32)(H,29,30). The lowest BCUT2D eigenvalue weighted by atomic mass is 9.91. The first-order valence-electron chi connectivity index (χ1n) is 10.9. The average Bonchev–Trinajstić information content (AvgIpc) is 3.30. The summed E-state index contributed by atoms with van der Waals surface area (Å²) in [6, 6.07) is 4.08. The van der Waals surface area contributed by atoms with Gasteiger partial charge in [-0.25, -0.2) is 4.39 Å². The van der Waals surface area contributed by atoms with Crippen molar-refractivity contribution in [3.05, 3.63) is 61.8 Å². The van der Waals surface area contributed by atoms with Crippen LogP contribution < -0.4 is 10.9 Å². The Morgan fingerprint density at radius 3 is 2.76 bits per heavy atom. The minimum atomic E-state index is -1.24. The summed E-state index contributed by atoms with van der Waals surface area (Å²) in [6.45, 7) is 0.275. The Morgan fingerprint density at radius 1 is 1.29 bits per heavy atom. The molecule has 1 aromatic carbocycles. The number of hydrogen-bond donors (Lipinski definition) is 3. The number of halogens is 2. The molecule has 1 aliphatic carbocycles. The van der Waals surface area contributed by atoms with Crippen molar-refractivity contribution in [2.24, 2.45) is 5.92 Å². The summed E-state index contributed by atoms with van der Waals surface area (Å²) in [5.74, 6) is -4.10. The number of carboxylic acids is 1. The molecular formula is C23H21ClFN3O6. The van der Waals surface area contributed by atoms with Crippen molar-refractivity contribution in [2.75, 3.05) is 6.54 Å². The monoisotopic (exact) mass is 489 g/mol. The smallest absolute Gasteiger partial charge is 0.303 e. The van der Waals surface area contributed by atoms with Crippen molar-refractivity contribution in [1.82, 2.24) is 14.8 Å². The molecule has 3 aliphatic rings. The average molecular weight is 490 g/mol. The van der Waals surface area contributed by atoms with Crippen LogP contribution in [0.15, 0.2) is 23.0 Å². The Kier molecular flexibility index (Phi) is 5.16. The Balaban J connectivity index is 1.58. The fourth-order valence-corrected chi connectivity index (χ4v) is 5.84. The molecule has 2 aliphatic heterocycles. The van der Waals surface area contributed by atoms with Crippen LogP contribution in [0.1, 0.15) is 57.7 Å². The number of pyridine rings is 1. The molecular weight excluding hydrogens is 469 g/mol. The van der Waals surface area contributed by atoms with E-state index in [0.717, 1.165) is 0 Å². The Bertz CT molecular complexity index is 1320. The predicted molar refractivity (Wildman–Crippen MR) is 117 cm³/mol. The van der Waals surface area contributed by atoms with E-state index >= 15 is 0 Å². The van der Waals surface area contributed by atoms with Gasteiger partial charge in [-0.3, -0.25) is 23.7 Å². The van der Waals surface area contributed by atoms with Gasteiger partial charge >= 0.3 is 5.97 Å². The summed E-state index contributed by atoms with van der Waals surface area (Å²) in [5.41, 5.74) is -1.52. The third-order valence-electron chi connectivity index (χ3n) is 7.09. The Labute approximate surface area is 197 Å². The quantitative estimate of drug-likeness (QED) is 0.604. The van der Waals surface area contributed by atoms with E-state index in [1.54, 1.807) is 0 Å². The summed E-state index contributed by atoms with van der Waals surface area (Å²) in [7, 11) is 0. The number of carbonyl (C=O) groups is 3. The number of amides is 2. The summed E-state index contributed by atoms with van der Waals surface area (Å²) < 4.78 is 14.7. The van der Waals surface area contributed by atoms with E-state index in [1.807, 2.05) is 0 Å². The fourth-order valence-electron chi connectivity index (χ4n) is 5.63. The zero-order chi connectivity index (χ0) is 24.4. The van der Waals surface area contributed by atoms with E-state index in [9.17, 15) is 33.8 Å². The predicted octanol–water partition coefficient (Wildman–Crippen LogP) is 2.22. The second-order valence-electron chi connectivity index (χ2n) is 8.98. The van der Waals surface area contributed by atoms with Crippen LogP contribution in [-0.4, -0.2) is 44.0 Å². The molecule has 3 heterocycles. The maximum Gasteiger partial charge on any atom is 0.303 e. The number of hydrogen-bond acceptors (Lipinski definition) is 5. The molecule has 1 saturated carbocycles. The highest BCUT2D eigenvalue weighted by atomic mass is 35.5. The number of nitrogens with one attached hydrogen (secondary N) is 1. The van der Waals surface area contributed by atoms with E-state index < -0.39 is 46.5 Å². The molecule has 1 aromatic heterocycles. The lowest BCUT2D eigenvalue weighted by molar-refractivity contribution is -0.139. The SMILES string of the molecule is O=C(O)CC1CCCC12NC(=O)c1c3c(c(O)c(=O)n12)C(=O)N(Cc1ccc(F)c(Cl)c1)CC3. The second kappa shape index (κ2) is 7.83. The van der Waals surface area contributed by atoms with E-state index in [1.165, 1.54) is 27.7 Å². The molecule has 0 bridgehead atoms. The number of fused-ring (bicyclic) bond motifs is 4. The van der Waals surface area contributed by atoms with Gasteiger partial charge in [-0.2, -0.15) is 0 Å². The van der Waals surface area contributed by atoms with Crippen LogP contribution in [0.3, 0.4) is 0 Å². The molecule has 11 heteroatoms. The normalized spacial score (nSPS) is 23.2. The molecule has 0 radical (unpaired) electrons. The molecule has 2 unspecified atom stereocenters. The highest BCUT2D eigenvalue weighted by Gasteiger charge is 2.54. The van der Waals surface area contributed by atoms with Gasteiger partial charge in [-0.05, 0) is 43.4 Å². The van der Waals surface area contributed by atoms with Crippen LogP contribution in [-0.2, 0) is 23.4 Å². The molecule has 2 aromatic rings. The highest BCUT2D eigenvalue weighted by molar-refractivity contribution is 6.30. The zero-order valence-corrected chi connectivity index (χ0v) is 18.7. The minimum absolute atomic E-state index is 0.00733. The third kappa shape index (κ3) is 3.19. The second-order valence-corrected chi connectivity index (χ2v) is 9.39. The van der Waals surface area contributed by atoms with Crippen LogP contribution in [0.4, 0.5) is 4.39 Å². The molecule has 178 valence electrons. The molecule has 34 heavy (non-hydrogen) atoms. The lowest BCUT2D eigenvalue weighted by Crippen LogP contribution is -2.51. The maximum atomic E-state index is 13.5. The topological polar surface area (TPSA) is 129 Å². The van der Waals surface area contributed by atoms with Crippen molar-refractivity contribution >= 4 is 29.4 Å². The molecule has 2 atom stereocenters. The van der Waals surface area contributed by atoms with Crippen molar-refractivity contribution in [3.8, 4) is 5.75 Å². The van der Waals surface area contributed by atoms with Gasteiger partial charge in [0.15, 0.2) is 5.75 Å². The largest absolute Gasteiger partial charge is 0.502 e. The molecule has 1 spiro atoms. The fraction of sp³-hybridized carbons (Fsp3) is 0.391. The summed E-state index contributed by atoms with van der Waals surface area (Å²) in [5, 5.41) is 22.9. The summed E-state index contributed by atoms with van der Waals surface area (Å²) >= 11 is 5.83. The Hall–Kier alpha value is -3.40. The van der Waals surface area contributed by atoms with Gasteiger partial charge in [-0.1, -0.05) is 17.7 Å². The number of aliphatic carboxylic acids is 1. The number of aromatic nitrogens is 1. The van der Waals surface area contributed by atoms with Crippen molar-refractivity contribution in [2.45, 2.75) is 44.3 Å². The van der Waals surface area contributed by atoms with Crippen LogP contribution in [0.5, 0.6) is 5.75 Å². The summed E-state index contributed by atoms with van der Waals surface area (Å²) in [4.78, 5) is 52.5. The van der Waals surface area contributed by atoms with Crippen molar-refractivity contribution < 1.29 is 29.0 Å². The van der Waals surface area contributed by atoms with E-state index in [-0.39, 0.29) is 47.8 Å². The highest BCUT2D eigenvalue weighted by Crippen LogP contribution is 2.46. The number of benzene rings is 1. The van der Waals surface area contributed by atoms with Crippen LogP contribution in [0.25, 0.3) is 0 Å². The minimum Gasteiger partial charge on any atom is -0.502 e. The first kappa shape index (κ1) is 22.4. The van der Waals surface area contributed by atoms with Gasteiger partial charge < -0.3 is 20.4 Å².